The molecule has 142 valence electrons. The lowest BCUT2D eigenvalue weighted by molar-refractivity contribution is -0.941. The van der Waals surface area contributed by atoms with Gasteiger partial charge in [0.2, 0.25) is 0 Å². The van der Waals surface area contributed by atoms with Gasteiger partial charge >= 0.3 is 1.43 Å². The number of ether oxygens (including phenoxy) is 2. The molecule has 0 aliphatic carbocycles. The van der Waals surface area contributed by atoms with Crippen molar-refractivity contribution < 1.29 is 32.9 Å². The van der Waals surface area contributed by atoms with Crippen LogP contribution in [0.1, 0.15) is 18.1 Å². The van der Waals surface area contributed by atoms with E-state index < -0.39 is 10.4 Å². The highest BCUT2D eigenvalue weighted by Gasteiger charge is 2.33. The number of quaternary nitrogens is 1. The Hall–Kier alpha value is -2.13. The fraction of sp³-hybridized carbons (Fsp3) is 0.333. The fourth-order valence-corrected chi connectivity index (χ4v) is 3.27. The standard InChI is InChI=1S/C18H22NO2.H2O4S/c1-19(11-14-7-5-4-6-8-14)12-15-9-17(20-2)18(21-3)10-16(15)13-19;1-5(2,3)4/h4-10H,11-13H2,1-3H3;(H2,1,2,3,4)/q+1;/p-1. The molecule has 26 heavy (non-hydrogen) atoms. The highest BCUT2D eigenvalue weighted by Crippen LogP contribution is 2.38. The largest absolute Gasteiger partial charge is 1.00 e. The van der Waals surface area contributed by atoms with Gasteiger partial charge in [-0.2, -0.15) is 0 Å². The molecule has 8 heteroatoms. The summed E-state index contributed by atoms with van der Waals surface area (Å²) < 4.78 is 45.9. The molecule has 0 saturated heterocycles. The Labute approximate surface area is 155 Å². The van der Waals surface area contributed by atoms with Gasteiger partial charge in [-0.05, 0) is 12.1 Å². The van der Waals surface area contributed by atoms with Crippen molar-refractivity contribution in [3.8, 4) is 11.5 Å². The van der Waals surface area contributed by atoms with Crippen LogP contribution in [-0.4, -0.2) is 43.3 Å². The van der Waals surface area contributed by atoms with Crippen molar-refractivity contribution in [2.24, 2.45) is 0 Å². The molecule has 0 unspecified atom stereocenters. The highest BCUT2D eigenvalue weighted by atomic mass is 32.3. The van der Waals surface area contributed by atoms with Gasteiger partial charge < -0.3 is 23.1 Å². The van der Waals surface area contributed by atoms with E-state index >= 15 is 0 Å². The molecule has 0 fully saturated rings. The normalized spacial score (nSPS) is 14.8. The predicted octanol–water partition coefficient (Wildman–Crippen LogP) is 2.14. The minimum atomic E-state index is -5.17. The Morgan fingerprint density at radius 2 is 1.42 bits per heavy atom. The molecule has 0 atom stereocenters. The summed E-state index contributed by atoms with van der Waals surface area (Å²) in [4.78, 5) is 0. The molecule has 0 radical (unpaired) electrons. The first-order chi connectivity index (χ1) is 12.1. The van der Waals surface area contributed by atoms with Gasteiger partial charge in [0.1, 0.15) is 19.6 Å². The lowest BCUT2D eigenvalue weighted by Gasteiger charge is -2.29. The minimum absolute atomic E-state index is 0. The van der Waals surface area contributed by atoms with Crippen LogP contribution in [0.4, 0.5) is 0 Å². The van der Waals surface area contributed by atoms with Crippen LogP contribution in [0.15, 0.2) is 42.5 Å². The first-order valence-electron chi connectivity index (χ1n) is 7.91. The fourth-order valence-electron chi connectivity index (χ4n) is 3.27. The maximum Gasteiger partial charge on any atom is 1.00 e. The lowest BCUT2D eigenvalue weighted by Crippen LogP contribution is -2.37. The summed E-state index contributed by atoms with van der Waals surface area (Å²) in [5, 5.41) is 0. The van der Waals surface area contributed by atoms with Crippen molar-refractivity contribution in [1.82, 2.24) is 0 Å². The highest BCUT2D eigenvalue weighted by molar-refractivity contribution is 7.79. The molecule has 2 aromatic carbocycles. The Kier molecular flexibility index (Phi) is 6.25. The maximum atomic E-state index is 8.52. The predicted molar refractivity (Wildman–Crippen MR) is 94.9 cm³/mol. The number of fused-ring (bicyclic) bond motifs is 1. The Balaban J connectivity index is 0.000000542. The molecule has 0 aromatic heterocycles. The van der Waals surface area contributed by atoms with E-state index in [0.717, 1.165) is 35.6 Å². The van der Waals surface area contributed by atoms with Crippen LogP contribution in [0, 0.1) is 0 Å². The Morgan fingerprint density at radius 3 is 1.81 bits per heavy atom. The SMILES string of the molecule is COc1cc2c(cc1OC)C[N+](C)(Cc1ccccc1)C2.O=S(=O)([O-])[O-].[H+]. The van der Waals surface area contributed by atoms with Gasteiger partial charge in [0.25, 0.3) is 0 Å². The number of nitrogens with zero attached hydrogens (tertiary/aromatic N) is 1. The van der Waals surface area contributed by atoms with Gasteiger partial charge in [0.05, 0.1) is 21.3 Å². The quantitative estimate of drug-likeness (QED) is 0.457. The van der Waals surface area contributed by atoms with E-state index in [4.69, 9.17) is 27.0 Å². The van der Waals surface area contributed by atoms with Gasteiger partial charge in [0, 0.05) is 27.1 Å². The van der Waals surface area contributed by atoms with Gasteiger partial charge in [-0.1, -0.05) is 30.3 Å². The molecule has 0 N–H and O–H groups in total. The molecule has 1 heterocycles. The van der Waals surface area contributed by atoms with E-state index in [1.807, 2.05) is 0 Å². The topological polar surface area (TPSA) is 98.7 Å². The van der Waals surface area contributed by atoms with Crippen LogP contribution in [0.5, 0.6) is 11.5 Å². The minimum Gasteiger partial charge on any atom is -0.759 e. The summed E-state index contributed by atoms with van der Waals surface area (Å²) in [5.41, 5.74) is 4.11. The second-order valence-electron chi connectivity index (χ2n) is 6.46. The molecule has 0 amide bonds. The average molecular weight is 381 g/mol. The maximum absolute atomic E-state index is 8.52. The molecule has 1 aliphatic rings. The zero-order chi connectivity index (χ0) is 19.4. The second kappa shape index (κ2) is 8.05. The number of hydrogen-bond donors (Lipinski definition) is 0. The van der Waals surface area contributed by atoms with Crippen molar-refractivity contribution in [2.45, 2.75) is 19.6 Å². The second-order valence-corrected chi connectivity index (χ2v) is 7.28. The molecule has 0 bridgehead atoms. The van der Waals surface area contributed by atoms with E-state index in [0.29, 0.717) is 0 Å². The van der Waals surface area contributed by atoms with Crippen LogP contribution < -0.4 is 9.47 Å². The third-order valence-electron chi connectivity index (χ3n) is 4.22. The first-order valence-corrected chi connectivity index (χ1v) is 9.25. The van der Waals surface area contributed by atoms with E-state index in [1.54, 1.807) is 14.2 Å². The summed E-state index contributed by atoms with van der Waals surface area (Å²) >= 11 is 0. The molecule has 3 rings (SSSR count). The van der Waals surface area contributed by atoms with Crippen molar-refractivity contribution in [1.29, 1.82) is 0 Å². The molecule has 2 aromatic rings. The molecule has 0 spiro atoms. The Bertz CT molecular complexity index is 817. The van der Waals surface area contributed by atoms with Gasteiger partial charge in [-0.25, -0.2) is 0 Å². The van der Waals surface area contributed by atoms with Crippen LogP contribution in [0.2, 0.25) is 0 Å². The average Bonchev–Trinajstić information content (AvgIpc) is 2.87. The summed E-state index contributed by atoms with van der Waals surface area (Å²) in [6.45, 7) is 3.11. The molecule has 1 aliphatic heterocycles. The van der Waals surface area contributed by atoms with Gasteiger partial charge in [0.15, 0.2) is 11.5 Å². The number of methoxy groups -OCH3 is 2. The molecule has 7 nitrogen and oxygen atoms in total. The van der Waals surface area contributed by atoms with Gasteiger partial charge in [-0.15, -0.1) is 0 Å². The number of hydrogen-bond acceptors (Lipinski definition) is 6. The zero-order valence-electron chi connectivity index (χ0n) is 16.0. The van der Waals surface area contributed by atoms with Crippen molar-refractivity contribution in [2.75, 3.05) is 21.3 Å². The number of rotatable bonds is 4. The van der Waals surface area contributed by atoms with Crippen LogP contribution in [0.3, 0.4) is 0 Å². The zero-order valence-corrected chi connectivity index (χ0v) is 15.8. The smallest absolute Gasteiger partial charge is 0.759 e. The molecular weight excluding hydrogens is 358 g/mol. The van der Waals surface area contributed by atoms with E-state index in [-0.39, 0.29) is 1.43 Å². The van der Waals surface area contributed by atoms with Crippen molar-refractivity contribution in [3.05, 3.63) is 59.2 Å². The summed E-state index contributed by atoms with van der Waals surface area (Å²) in [6.07, 6.45) is 0. The van der Waals surface area contributed by atoms with Crippen molar-refractivity contribution >= 4 is 10.4 Å². The van der Waals surface area contributed by atoms with E-state index in [9.17, 15) is 0 Å². The Morgan fingerprint density at radius 1 is 1.00 bits per heavy atom. The number of benzene rings is 2. The third-order valence-corrected chi connectivity index (χ3v) is 4.22. The molecule has 0 saturated carbocycles. The summed E-state index contributed by atoms with van der Waals surface area (Å²) in [7, 11) is 0.528. The van der Waals surface area contributed by atoms with E-state index in [2.05, 4.69) is 49.5 Å². The third kappa shape index (κ3) is 5.70. The molecular formula is C18H23NO6S. The first kappa shape index (κ1) is 20.2. The van der Waals surface area contributed by atoms with Crippen LogP contribution in [-0.2, 0) is 30.0 Å². The van der Waals surface area contributed by atoms with Crippen molar-refractivity contribution in [3.63, 3.8) is 0 Å². The summed E-state index contributed by atoms with van der Waals surface area (Å²) in [6, 6.07) is 14.9. The van der Waals surface area contributed by atoms with Crippen LogP contribution >= 0.6 is 0 Å². The van der Waals surface area contributed by atoms with Crippen LogP contribution in [0.25, 0.3) is 0 Å². The van der Waals surface area contributed by atoms with E-state index in [1.165, 1.54) is 16.7 Å². The lowest BCUT2D eigenvalue weighted by atomic mass is 10.1. The monoisotopic (exact) mass is 381 g/mol. The summed E-state index contributed by atoms with van der Waals surface area (Å²) in [5.74, 6) is 1.65. The van der Waals surface area contributed by atoms with Gasteiger partial charge in [-0.3, -0.25) is 8.42 Å².